The van der Waals surface area contributed by atoms with Crippen LogP contribution in [0.25, 0.3) is 0 Å². The quantitative estimate of drug-likeness (QED) is 0.340. The summed E-state index contributed by atoms with van der Waals surface area (Å²) in [6.07, 6.45) is -0.300. The van der Waals surface area contributed by atoms with E-state index in [0.717, 1.165) is 0 Å². The van der Waals surface area contributed by atoms with Crippen molar-refractivity contribution in [3.05, 3.63) is 12.2 Å². The monoisotopic (exact) mass is 215 g/mol. The molecule has 84 valence electrons. The van der Waals surface area contributed by atoms with Gasteiger partial charge in [-0.2, -0.15) is 0 Å². The lowest BCUT2D eigenvalue weighted by Crippen LogP contribution is -2.46. The molecule has 0 spiro atoms. The van der Waals surface area contributed by atoms with Crippen molar-refractivity contribution in [2.75, 3.05) is 0 Å². The molecule has 6 heteroatoms. The fourth-order valence-electron chi connectivity index (χ4n) is 0.902. The smallest absolute Gasteiger partial charge is 0.340 e. The van der Waals surface area contributed by atoms with Crippen molar-refractivity contribution < 1.29 is 24.6 Å². The van der Waals surface area contributed by atoms with Crippen molar-refractivity contribution in [2.24, 2.45) is 0 Å². The molecule has 0 aliphatic rings. The Bertz CT molecular complexity index is 318. The van der Waals surface area contributed by atoms with Crippen molar-refractivity contribution in [3.63, 3.8) is 0 Å². The summed E-state index contributed by atoms with van der Waals surface area (Å²) in [6, 6.07) is 0. The SMILES string of the molecule is C=C(C(=O)O)C(=O)NC(C)(C)CC(=O)O. The van der Waals surface area contributed by atoms with Crippen LogP contribution >= 0.6 is 0 Å². The normalized spacial score (nSPS) is 10.5. The van der Waals surface area contributed by atoms with Crippen molar-refractivity contribution >= 4 is 17.8 Å². The molecule has 0 aliphatic heterocycles. The maximum Gasteiger partial charge on any atom is 0.340 e. The van der Waals surface area contributed by atoms with Gasteiger partial charge in [0.05, 0.1) is 6.42 Å². The average Bonchev–Trinajstić information content (AvgIpc) is 1.98. The second-order valence-electron chi connectivity index (χ2n) is 3.69. The Kier molecular flexibility index (Phi) is 4.02. The number of carbonyl (C=O) groups excluding carboxylic acids is 1. The van der Waals surface area contributed by atoms with Gasteiger partial charge < -0.3 is 15.5 Å². The first-order valence-corrected chi connectivity index (χ1v) is 4.12. The highest BCUT2D eigenvalue weighted by Gasteiger charge is 2.26. The molecular weight excluding hydrogens is 202 g/mol. The van der Waals surface area contributed by atoms with Crippen LogP contribution in [0, 0.1) is 0 Å². The van der Waals surface area contributed by atoms with Crippen molar-refractivity contribution in [3.8, 4) is 0 Å². The predicted octanol–water partition coefficient (Wildman–Crippen LogP) is -0.00330. The van der Waals surface area contributed by atoms with Crippen LogP contribution < -0.4 is 5.32 Å². The highest BCUT2D eigenvalue weighted by Crippen LogP contribution is 2.09. The number of carbonyl (C=O) groups is 3. The first-order valence-electron chi connectivity index (χ1n) is 4.12. The van der Waals surface area contributed by atoms with E-state index in [1.165, 1.54) is 13.8 Å². The number of aliphatic carboxylic acids is 2. The number of amides is 1. The Morgan fingerprint density at radius 3 is 2.07 bits per heavy atom. The third-order valence-electron chi connectivity index (χ3n) is 1.58. The molecular formula is C9H13NO5. The van der Waals surface area contributed by atoms with Gasteiger partial charge in [-0.15, -0.1) is 0 Å². The molecule has 0 radical (unpaired) electrons. The Hall–Kier alpha value is -1.85. The van der Waals surface area contributed by atoms with Crippen molar-refractivity contribution in [1.82, 2.24) is 5.32 Å². The topological polar surface area (TPSA) is 104 Å². The molecule has 0 bridgehead atoms. The lowest BCUT2D eigenvalue weighted by molar-refractivity contribution is -0.138. The minimum atomic E-state index is -1.43. The zero-order valence-electron chi connectivity index (χ0n) is 8.53. The number of hydrogen-bond acceptors (Lipinski definition) is 3. The van der Waals surface area contributed by atoms with Crippen LogP contribution in [0.5, 0.6) is 0 Å². The van der Waals surface area contributed by atoms with E-state index in [0.29, 0.717) is 0 Å². The predicted molar refractivity (Wildman–Crippen MR) is 51.3 cm³/mol. The molecule has 0 saturated carbocycles. The van der Waals surface area contributed by atoms with Gasteiger partial charge in [-0.05, 0) is 13.8 Å². The highest BCUT2D eigenvalue weighted by molar-refractivity contribution is 6.15. The Balaban J connectivity index is 4.46. The Labute approximate surface area is 86.6 Å². The molecule has 0 heterocycles. The van der Waals surface area contributed by atoms with Crippen LogP contribution in [-0.2, 0) is 14.4 Å². The molecule has 0 fully saturated rings. The van der Waals surface area contributed by atoms with Crippen LogP contribution in [0.1, 0.15) is 20.3 Å². The second-order valence-corrected chi connectivity index (χ2v) is 3.69. The average molecular weight is 215 g/mol. The highest BCUT2D eigenvalue weighted by atomic mass is 16.4. The second kappa shape index (κ2) is 4.59. The molecule has 0 aliphatic carbocycles. The number of carboxylic acids is 2. The first-order chi connectivity index (χ1) is 6.65. The summed E-state index contributed by atoms with van der Waals surface area (Å²) >= 11 is 0. The maximum atomic E-state index is 11.2. The van der Waals surface area contributed by atoms with Crippen LogP contribution in [-0.4, -0.2) is 33.6 Å². The molecule has 0 aromatic rings. The summed E-state index contributed by atoms with van der Waals surface area (Å²) in [5, 5.41) is 19.2. The number of carboxylic acid groups (broad SMARTS) is 2. The summed E-state index contributed by atoms with van der Waals surface area (Å²) in [5.74, 6) is -3.39. The molecule has 0 atom stereocenters. The van der Waals surface area contributed by atoms with Gasteiger partial charge in [0.2, 0.25) is 0 Å². The molecule has 0 aromatic carbocycles. The van der Waals surface area contributed by atoms with E-state index in [9.17, 15) is 14.4 Å². The van der Waals surface area contributed by atoms with Gasteiger partial charge in [0.1, 0.15) is 5.57 Å². The molecule has 3 N–H and O–H groups in total. The largest absolute Gasteiger partial charge is 0.481 e. The Morgan fingerprint density at radius 2 is 1.73 bits per heavy atom. The minimum Gasteiger partial charge on any atom is -0.481 e. The molecule has 0 aromatic heterocycles. The van der Waals surface area contributed by atoms with E-state index in [-0.39, 0.29) is 6.42 Å². The van der Waals surface area contributed by atoms with Crippen LogP contribution in [0.15, 0.2) is 12.2 Å². The van der Waals surface area contributed by atoms with E-state index in [1.807, 2.05) is 0 Å². The standard InChI is InChI=1S/C9H13NO5/c1-5(8(14)15)7(13)10-9(2,3)4-6(11)12/h1,4H2,2-3H3,(H,10,13)(H,11,12)(H,14,15). The summed E-state index contributed by atoms with van der Waals surface area (Å²) in [4.78, 5) is 32.0. The van der Waals surface area contributed by atoms with E-state index < -0.39 is 29.0 Å². The molecule has 6 nitrogen and oxygen atoms in total. The molecule has 15 heavy (non-hydrogen) atoms. The lowest BCUT2D eigenvalue weighted by atomic mass is 10.0. The third-order valence-corrected chi connectivity index (χ3v) is 1.58. The van der Waals surface area contributed by atoms with Crippen LogP contribution in [0.2, 0.25) is 0 Å². The molecule has 0 rings (SSSR count). The van der Waals surface area contributed by atoms with Gasteiger partial charge in [-0.25, -0.2) is 4.79 Å². The van der Waals surface area contributed by atoms with Crippen LogP contribution in [0.4, 0.5) is 0 Å². The van der Waals surface area contributed by atoms with Gasteiger partial charge >= 0.3 is 11.9 Å². The summed E-state index contributed by atoms with van der Waals surface area (Å²) in [7, 11) is 0. The molecule has 0 saturated heterocycles. The van der Waals surface area contributed by atoms with E-state index >= 15 is 0 Å². The number of rotatable bonds is 5. The van der Waals surface area contributed by atoms with E-state index in [1.54, 1.807) is 0 Å². The fraction of sp³-hybridized carbons (Fsp3) is 0.444. The minimum absolute atomic E-state index is 0.300. The van der Waals surface area contributed by atoms with Gasteiger partial charge in [-0.1, -0.05) is 6.58 Å². The first kappa shape index (κ1) is 13.2. The van der Waals surface area contributed by atoms with Crippen molar-refractivity contribution in [2.45, 2.75) is 25.8 Å². The zero-order valence-corrected chi connectivity index (χ0v) is 8.53. The van der Waals surface area contributed by atoms with Crippen LogP contribution in [0.3, 0.4) is 0 Å². The maximum absolute atomic E-state index is 11.2. The Morgan fingerprint density at radius 1 is 1.27 bits per heavy atom. The molecule has 1 amide bonds. The van der Waals surface area contributed by atoms with Gasteiger partial charge in [0.15, 0.2) is 0 Å². The van der Waals surface area contributed by atoms with Gasteiger partial charge in [0.25, 0.3) is 5.91 Å². The third kappa shape index (κ3) is 4.80. The number of hydrogen-bond donors (Lipinski definition) is 3. The summed E-state index contributed by atoms with van der Waals surface area (Å²) < 4.78 is 0. The van der Waals surface area contributed by atoms with Crippen molar-refractivity contribution in [1.29, 1.82) is 0 Å². The lowest BCUT2D eigenvalue weighted by Gasteiger charge is -2.24. The fourth-order valence-corrected chi connectivity index (χ4v) is 0.902. The zero-order chi connectivity index (χ0) is 12.2. The van der Waals surface area contributed by atoms with Gasteiger partial charge in [-0.3, -0.25) is 9.59 Å². The summed E-state index contributed by atoms with van der Waals surface area (Å²) in [6.45, 7) is 6.02. The van der Waals surface area contributed by atoms with Gasteiger partial charge in [0, 0.05) is 5.54 Å². The summed E-state index contributed by atoms with van der Waals surface area (Å²) in [5.41, 5.74) is -1.63. The number of nitrogens with one attached hydrogen (secondary N) is 1. The van der Waals surface area contributed by atoms with E-state index in [4.69, 9.17) is 10.2 Å². The van der Waals surface area contributed by atoms with E-state index in [2.05, 4.69) is 11.9 Å². The molecule has 0 unspecified atom stereocenters.